The zero-order chi connectivity index (χ0) is 30.8. The Hall–Kier alpha value is -1.26. The quantitative estimate of drug-likeness (QED) is 0.189. The first-order valence-electron chi connectivity index (χ1n) is 15.5. The lowest BCUT2D eigenvalue weighted by molar-refractivity contribution is -0.155. The molecule has 7 nitrogen and oxygen atoms in total. The minimum atomic E-state index is -1.20. The molecule has 2 saturated heterocycles. The number of nitrogens with zero attached hydrogens (tertiary/aromatic N) is 1. The SMILES string of the molecule is CC.CCCSc1nc(/C=C(\C)[C@@H]2C[C@@H]3O[C@]3(C)CCCCC(O)[C@@H](C)C(=O)[C@](C)(CCC)[C@@H](O)CC(=O)O2)cs1. The number of thioether (sulfide) groups is 1. The van der Waals surface area contributed by atoms with Gasteiger partial charge in [0.2, 0.25) is 0 Å². The van der Waals surface area contributed by atoms with Crippen LogP contribution in [0.2, 0.25) is 0 Å². The monoisotopic (exact) mass is 611 g/mol. The molecule has 2 aliphatic rings. The fourth-order valence-electron chi connectivity index (χ4n) is 5.58. The van der Waals surface area contributed by atoms with Crippen molar-refractivity contribution in [3.05, 3.63) is 16.6 Å². The van der Waals surface area contributed by atoms with E-state index >= 15 is 0 Å². The third-order valence-electron chi connectivity index (χ3n) is 8.39. The average molecular weight is 612 g/mol. The zero-order valence-electron chi connectivity index (χ0n) is 26.4. The molecule has 0 spiro atoms. The maximum Gasteiger partial charge on any atom is 0.309 e. The van der Waals surface area contributed by atoms with Gasteiger partial charge in [-0.1, -0.05) is 72.6 Å². The normalized spacial score (nSPS) is 33.8. The number of hydrogen-bond donors (Lipinski definition) is 2. The van der Waals surface area contributed by atoms with Gasteiger partial charge < -0.3 is 19.7 Å². The summed E-state index contributed by atoms with van der Waals surface area (Å²) in [7, 11) is 0. The number of rotatable bonds is 7. The Morgan fingerprint density at radius 1 is 1.20 bits per heavy atom. The van der Waals surface area contributed by atoms with Crippen LogP contribution in [0.1, 0.15) is 119 Å². The number of aromatic nitrogens is 1. The van der Waals surface area contributed by atoms with E-state index in [9.17, 15) is 19.8 Å². The molecule has 3 rings (SSSR count). The Labute approximate surface area is 255 Å². The van der Waals surface area contributed by atoms with Crippen LogP contribution in [0.5, 0.6) is 0 Å². The Morgan fingerprint density at radius 2 is 1.90 bits per heavy atom. The summed E-state index contributed by atoms with van der Waals surface area (Å²) in [6, 6.07) is 0. The van der Waals surface area contributed by atoms with Crippen molar-refractivity contribution in [3.8, 4) is 0 Å². The summed E-state index contributed by atoms with van der Waals surface area (Å²) < 4.78 is 13.1. The smallest absolute Gasteiger partial charge is 0.309 e. The van der Waals surface area contributed by atoms with E-state index in [1.165, 1.54) is 0 Å². The van der Waals surface area contributed by atoms with Crippen molar-refractivity contribution in [3.63, 3.8) is 0 Å². The van der Waals surface area contributed by atoms with Crippen molar-refractivity contribution in [2.75, 3.05) is 5.75 Å². The van der Waals surface area contributed by atoms with E-state index in [1.807, 2.05) is 39.2 Å². The zero-order valence-corrected chi connectivity index (χ0v) is 28.0. The molecule has 0 aliphatic carbocycles. The van der Waals surface area contributed by atoms with Crippen LogP contribution < -0.4 is 0 Å². The van der Waals surface area contributed by atoms with Crippen molar-refractivity contribution in [2.45, 2.75) is 148 Å². The number of carbonyl (C=O) groups is 2. The van der Waals surface area contributed by atoms with Gasteiger partial charge in [0.05, 0.1) is 41.4 Å². The summed E-state index contributed by atoms with van der Waals surface area (Å²) >= 11 is 3.35. The molecule has 1 aromatic heterocycles. The van der Waals surface area contributed by atoms with Crippen LogP contribution in [0.15, 0.2) is 15.3 Å². The first-order chi connectivity index (χ1) is 19.4. The molecule has 7 atom stereocenters. The molecule has 2 aliphatic heterocycles. The Morgan fingerprint density at radius 3 is 2.56 bits per heavy atom. The van der Waals surface area contributed by atoms with Crippen LogP contribution in [0.4, 0.5) is 0 Å². The third kappa shape index (κ3) is 9.88. The summed E-state index contributed by atoms with van der Waals surface area (Å²) in [5.41, 5.74) is 0.278. The number of carbonyl (C=O) groups excluding carboxylic acids is 2. The highest BCUT2D eigenvalue weighted by atomic mass is 32.2. The van der Waals surface area contributed by atoms with E-state index in [4.69, 9.17) is 14.5 Å². The number of esters is 1. The Bertz CT molecular complexity index is 1010. The van der Waals surface area contributed by atoms with Crippen LogP contribution in [0.25, 0.3) is 6.08 Å². The molecule has 0 saturated carbocycles. The van der Waals surface area contributed by atoms with Gasteiger partial charge in [-0.2, -0.15) is 0 Å². The van der Waals surface area contributed by atoms with E-state index in [-0.39, 0.29) is 23.9 Å². The van der Waals surface area contributed by atoms with Crippen LogP contribution in [0, 0.1) is 11.3 Å². The van der Waals surface area contributed by atoms with E-state index in [2.05, 4.69) is 13.8 Å². The summed E-state index contributed by atoms with van der Waals surface area (Å²) in [6.45, 7) is 15.6. The summed E-state index contributed by atoms with van der Waals surface area (Å²) in [5, 5.41) is 24.0. The van der Waals surface area contributed by atoms with Gasteiger partial charge in [-0.15, -0.1) is 11.3 Å². The van der Waals surface area contributed by atoms with Crippen LogP contribution in [0.3, 0.4) is 0 Å². The van der Waals surface area contributed by atoms with Crippen LogP contribution in [-0.4, -0.2) is 62.7 Å². The number of fused-ring (bicyclic) bond motifs is 1. The van der Waals surface area contributed by atoms with Gasteiger partial charge in [0.25, 0.3) is 0 Å². The molecule has 2 N–H and O–H groups in total. The maximum atomic E-state index is 13.5. The number of ether oxygens (including phenoxy) is 2. The lowest BCUT2D eigenvalue weighted by atomic mass is 9.70. The predicted octanol–water partition coefficient (Wildman–Crippen LogP) is 7.23. The molecule has 2 fully saturated rings. The van der Waals surface area contributed by atoms with Gasteiger partial charge in [0.15, 0.2) is 4.34 Å². The number of aliphatic hydroxyl groups is 2. The minimum absolute atomic E-state index is 0.0432. The van der Waals surface area contributed by atoms with E-state index in [0.717, 1.165) is 47.0 Å². The van der Waals surface area contributed by atoms with Gasteiger partial charge in [0.1, 0.15) is 11.9 Å². The van der Waals surface area contributed by atoms with E-state index in [0.29, 0.717) is 25.7 Å². The average Bonchev–Trinajstić information content (AvgIpc) is 3.35. The lowest BCUT2D eigenvalue weighted by Gasteiger charge is -2.36. The highest BCUT2D eigenvalue weighted by Crippen LogP contribution is 2.45. The lowest BCUT2D eigenvalue weighted by Crippen LogP contribution is -2.46. The summed E-state index contributed by atoms with van der Waals surface area (Å²) in [6.07, 6.45) is 4.85. The van der Waals surface area contributed by atoms with Crippen molar-refractivity contribution in [2.24, 2.45) is 11.3 Å². The van der Waals surface area contributed by atoms with Gasteiger partial charge >= 0.3 is 5.97 Å². The molecule has 234 valence electrons. The second kappa shape index (κ2) is 16.6. The Balaban J connectivity index is 0.00000287. The number of hydrogen-bond acceptors (Lipinski definition) is 9. The fourth-order valence-corrected chi connectivity index (χ4v) is 7.30. The van der Waals surface area contributed by atoms with Gasteiger partial charge in [0, 0.05) is 23.5 Å². The second-order valence-corrected chi connectivity index (χ2v) is 14.0. The molecule has 0 radical (unpaired) electrons. The molecular formula is C32H53NO6S2. The standard InChI is InChI=1S/C30H47NO6S2.C2H6/c1-7-12-29(5)24(33)17-26(34)36-23(19(3)15-21-18-39-28(31-21)38-14-8-2)16-25-30(6,37-25)13-10-9-11-22(32)20(4)27(29)35;1-2/h15,18,20,22-25,32-33H,7-14,16-17H2,1-6H3;1-2H3/b19-15+;/t20-,22?,23+,24+,25+,29-,30-;/m1./s1. The van der Waals surface area contributed by atoms with Gasteiger partial charge in [-0.3, -0.25) is 9.59 Å². The maximum absolute atomic E-state index is 13.5. The Kier molecular flexibility index (Phi) is 14.5. The van der Waals surface area contributed by atoms with Crippen LogP contribution in [-0.2, 0) is 19.1 Å². The topological polar surface area (TPSA) is 109 Å². The number of Topliss-reactive ketones (excluding diaryl/α,β-unsaturated/α-hetero) is 1. The highest BCUT2D eigenvalue weighted by Gasteiger charge is 2.53. The highest BCUT2D eigenvalue weighted by molar-refractivity contribution is 8.01. The molecule has 1 aromatic rings. The fraction of sp³-hybridized carbons (Fsp3) is 0.781. The number of thiazole rings is 1. The van der Waals surface area contributed by atoms with Crippen molar-refractivity contribution < 1.29 is 29.3 Å². The number of aliphatic hydroxyl groups excluding tert-OH is 2. The van der Waals surface area contributed by atoms with Crippen molar-refractivity contribution >= 4 is 40.9 Å². The molecule has 41 heavy (non-hydrogen) atoms. The molecule has 9 heteroatoms. The largest absolute Gasteiger partial charge is 0.458 e. The summed E-state index contributed by atoms with van der Waals surface area (Å²) in [5.74, 6) is -0.352. The minimum Gasteiger partial charge on any atom is -0.458 e. The molecule has 0 bridgehead atoms. The van der Waals surface area contributed by atoms with Crippen LogP contribution >= 0.6 is 23.1 Å². The van der Waals surface area contributed by atoms with E-state index in [1.54, 1.807) is 36.9 Å². The number of ketones is 1. The number of cyclic esters (lactones) is 1. The first-order valence-corrected chi connectivity index (χ1v) is 17.3. The van der Waals surface area contributed by atoms with E-state index < -0.39 is 35.6 Å². The van der Waals surface area contributed by atoms with Gasteiger partial charge in [-0.25, -0.2) is 4.98 Å². The predicted molar refractivity (Wildman–Crippen MR) is 168 cm³/mol. The molecular weight excluding hydrogens is 558 g/mol. The summed E-state index contributed by atoms with van der Waals surface area (Å²) in [4.78, 5) is 31.4. The first kappa shape index (κ1) is 35.9. The van der Waals surface area contributed by atoms with Gasteiger partial charge in [-0.05, 0) is 51.2 Å². The molecule has 0 aromatic carbocycles. The second-order valence-electron chi connectivity index (χ2n) is 11.8. The van der Waals surface area contributed by atoms with Crippen molar-refractivity contribution in [1.82, 2.24) is 4.98 Å². The molecule has 3 heterocycles. The third-order valence-corrected chi connectivity index (χ3v) is 10.6. The van der Waals surface area contributed by atoms with Crippen molar-refractivity contribution in [1.29, 1.82) is 0 Å². The number of epoxide rings is 1. The molecule has 1 unspecified atom stereocenters. The molecule has 0 amide bonds.